The van der Waals surface area contributed by atoms with Gasteiger partial charge in [0.25, 0.3) is 0 Å². The van der Waals surface area contributed by atoms with Crippen molar-refractivity contribution in [2.45, 2.75) is 13.3 Å². The van der Waals surface area contributed by atoms with Gasteiger partial charge < -0.3 is 10.1 Å². The van der Waals surface area contributed by atoms with Crippen LogP contribution in [0.25, 0.3) is 0 Å². The van der Waals surface area contributed by atoms with Crippen LogP contribution in [0.4, 0.5) is 5.13 Å². The Hall–Kier alpha value is -1.17. The first kappa shape index (κ1) is 9.91. The molecule has 0 aliphatic carbocycles. The van der Waals surface area contributed by atoms with Crippen molar-refractivity contribution in [2.24, 2.45) is 0 Å². The number of hydrogen-bond donors (Lipinski definition) is 1. The molecule has 0 saturated heterocycles. The highest BCUT2D eigenvalue weighted by Crippen LogP contribution is 2.09. The van der Waals surface area contributed by atoms with Gasteiger partial charge in [-0.25, -0.2) is 4.98 Å². The van der Waals surface area contributed by atoms with E-state index in [0.29, 0.717) is 13.0 Å². The number of nitrogens with one attached hydrogen (secondary N) is 1. The summed E-state index contributed by atoms with van der Waals surface area (Å²) in [4.78, 5) is 14.8. The van der Waals surface area contributed by atoms with Gasteiger partial charge in [0.2, 0.25) is 5.13 Å². The van der Waals surface area contributed by atoms with Crippen molar-refractivity contribution < 1.29 is 9.53 Å². The van der Waals surface area contributed by atoms with Crippen molar-refractivity contribution in [3.05, 3.63) is 5.82 Å². The van der Waals surface area contributed by atoms with Crippen molar-refractivity contribution in [3.63, 3.8) is 0 Å². The van der Waals surface area contributed by atoms with Crippen LogP contribution in [0.1, 0.15) is 12.2 Å². The molecule has 1 aromatic heterocycles. The van der Waals surface area contributed by atoms with E-state index in [2.05, 4.69) is 19.4 Å². The number of aryl methyl sites for hydroxylation is 1. The fraction of sp³-hybridized carbons (Fsp3) is 0.571. The van der Waals surface area contributed by atoms with Crippen LogP contribution >= 0.6 is 11.5 Å². The molecule has 0 atom stereocenters. The van der Waals surface area contributed by atoms with E-state index < -0.39 is 0 Å². The Morgan fingerprint density at radius 1 is 1.69 bits per heavy atom. The molecule has 0 aliphatic rings. The molecule has 0 aromatic carbocycles. The Balaban J connectivity index is 2.24. The summed E-state index contributed by atoms with van der Waals surface area (Å²) in [6.45, 7) is 2.35. The van der Waals surface area contributed by atoms with E-state index >= 15 is 0 Å². The summed E-state index contributed by atoms with van der Waals surface area (Å²) >= 11 is 1.28. The number of hydrogen-bond acceptors (Lipinski definition) is 6. The predicted octanol–water partition coefficient (Wildman–Crippen LogP) is 0.822. The SMILES string of the molecule is COC(=O)CCNc1nc(C)ns1. The molecule has 0 bridgehead atoms. The van der Waals surface area contributed by atoms with Gasteiger partial charge in [0, 0.05) is 18.1 Å². The third-order valence-electron chi connectivity index (χ3n) is 1.36. The van der Waals surface area contributed by atoms with Gasteiger partial charge in [-0.15, -0.1) is 0 Å². The molecule has 13 heavy (non-hydrogen) atoms. The molecule has 0 spiro atoms. The Morgan fingerprint density at radius 3 is 3.00 bits per heavy atom. The Morgan fingerprint density at radius 2 is 2.46 bits per heavy atom. The minimum Gasteiger partial charge on any atom is -0.469 e. The second-order valence-electron chi connectivity index (χ2n) is 2.40. The number of rotatable bonds is 4. The lowest BCUT2D eigenvalue weighted by molar-refractivity contribution is -0.140. The molecule has 6 heteroatoms. The van der Waals surface area contributed by atoms with Crippen molar-refractivity contribution in [1.82, 2.24) is 9.36 Å². The lowest BCUT2D eigenvalue weighted by Crippen LogP contribution is -2.09. The third-order valence-corrected chi connectivity index (χ3v) is 2.12. The van der Waals surface area contributed by atoms with Gasteiger partial charge >= 0.3 is 5.97 Å². The zero-order valence-corrected chi connectivity index (χ0v) is 8.35. The molecule has 1 rings (SSSR count). The van der Waals surface area contributed by atoms with E-state index in [1.807, 2.05) is 6.92 Å². The predicted molar refractivity (Wildman–Crippen MR) is 49.8 cm³/mol. The van der Waals surface area contributed by atoms with Crippen molar-refractivity contribution in [3.8, 4) is 0 Å². The Kier molecular flexibility index (Phi) is 3.63. The first-order valence-electron chi connectivity index (χ1n) is 3.83. The molecule has 0 fully saturated rings. The van der Waals surface area contributed by atoms with Crippen molar-refractivity contribution in [2.75, 3.05) is 19.0 Å². The van der Waals surface area contributed by atoms with E-state index in [4.69, 9.17) is 0 Å². The van der Waals surface area contributed by atoms with E-state index in [1.165, 1.54) is 18.6 Å². The highest BCUT2D eigenvalue weighted by atomic mass is 32.1. The largest absolute Gasteiger partial charge is 0.469 e. The Labute approximate surface area is 80.3 Å². The summed E-state index contributed by atoms with van der Waals surface area (Å²) in [5, 5.41) is 3.71. The smallest absolute Gasteiger partial charge is 0.307 e. The fourth-order valence-electron chi connectivity index (χ4n) is 0.742. The maximum Gasteiger partial charge on any atom is 0.307 e. The van der Waals surface area contributed by atoms with Crippen LogP contribution in [0.3, 0.4) is 0 Å². The Bertz CT molecular complexity index is 287. The average molecular weight is 201 g/mol. The van der Waals surface area contributed by atoms with Crippen LogP contribution < -0.4 is 5.32 Å². The summed E-state index contributed by atoms with van der Waals surface area (Å²) in [5.74, 6) is 0.513. The van der Waals surface area contributed by atoms with Crippen molar-refractivity contribution in [1.29, 1.82) is 0 Å². The molecule has 0 amide bonds. The van der Waals surface area contributed by atoms with E-state index in [0.717, 1.165) is 11.0 Å². The normalized spacial score (nSPS) is 9.69. The van der Waals surface area contributed by atoms with Crippen LogP contribution in [-0.2, 0) is 9.53 Å². The highest BCUT2D eigenvalue weighted by Gasteiger charge is 2.01. The summed E-state index contributed by atoms with van der Waals surface area (Å²) in [6, 6.07) is 0. The monoisotopic (exact) mass is 201 g/mol. The molecular weight excluding hydrogens is 190 g/mol. The van der Waals surface area contributed by atoms with Gasteiger partial charge in [0.05, 0.1) is 13.5 Å². The number of aromatic nitrogens is 2. The average Bonchev–Trinajstić information content (AvgIpc) is 2.51. The quantitative estimate of drug-likeness (QED) is 0.731. The lowest BCUT2D eigenvalue weighted by Gasteiger charge is -1.99. The standard InChI is InChI=1S/C7H11N3O2S/c1-5-9-7(13-10-5)8-4-3-6(11)12-2/h3-4H2,1-2H3,(H,8,9,10). The van der Waals surface area contributed by atoms with E-state index in [-0.39, 0.29) is 5.97 Å². The topological polar surface area (TPSA) is 64.1 Å². The third kappa shape index (κ3) is 3.37. The maximum absolute atomic E-state index is 10.7. The van der Waals surface area contributed by atoms with Crippen LogP contribution in [-0.4, -0.2) is 29.0 Å². The number of nitrogens with zero attached hydrogens (tertiary/aromatic N) is 2. The van der Waals surface area contributed by atoms with Gasteiger partial charge in [-0.05, 0) is 6.92 Å². The van der Waals surface area contributed by atoms with Crippen molar-refractivity contribution >= 4 is 22.6 Å². The maximum atomic E-state index is 10.7. The van der Waals surface area contributed by atoms with Crippen LogP contribution in [0, 0.1) is 6.92 Å². The minimum atomic E-state index is -0.228. The highest BCUT2D eigenvalue weighted by molar-refractivity contribution is 7.09. The minimum absolute atomic E-state index is 0.228. The van der Waals surface area contributed by atoms with Gasteiger partial charge in [-0.3, -0.25) is 4.79 Å². The molecule has 0 radical (unpaired) electrons. The molecule has 0 saturated carbocycles. The summed E-state index contributed by atoms with van der Waals surface area (Å²) in [5.41, 5.74) is 0. The first-order chi connectivity index (χ1) is 6.22. The summed E-state index contributed by atoms with van der Waals surface area (Å²) < 4.78 is 8.47. The number of methoxy groups -OCH3 is 1. The molecular formula is C7H11N3O2S. The van der Waals surface area contributed by atoms with E-state index in [9.17, 15) is 4.79 Å². The molecule has 1 N–H and O–H groups in total. The molecule has 5 nitrogen and oxygen atoms in total. The number of carbonyl (C=O) groups excluding carboxylic acids is 1. The van der Waals surface area contributed by atoms with E-state index in [1.54, 1.807) is 0 Å². The summed E-state index contributed by atoms with van der Waals surface area (Å²) in [6.07, 6.45) is 0.342. The fourth-order valence-corrected chi connectivity index (χ4v) is 1.34. The summed E-state index contributed by atoms with van der Waals surface area (Å²) in [7, 11) is 1.37. The van der Waals surface area contributed by atoms with Crippen LogP contribution in [0.15, 0.2) is 0 Å². The van der Waals surface area contributed by atoms with Crippen LogP contribution in [0.5, 0.6) is 0 Å². The number of anilines is 1. The lowest BCUT2D eigenvalue weighted by atomic mass is 10.4. The molecule has 72 valence electrons. The van der Waals surface area contributed by atoms with Crippen LogP contribution in [0.2, 0.25) is 0 Å². The molecule has 1 aromatic rings. The number of esters is 1. The zero-order valence-electron chi connectivity index (χ0n) is 7.53. The van der Waals surface area contributed by atoms with Gasteiger partial charge in [-0.1, -0.05) is 0 Å². The molecule has 0 aliphatic heterocycles. The second-order valence-corrected chi connectivity index (χ2v) is 3.15. The number of ether oxygens (including phenoxy) is 1. The second kappa shape index (κ2) is 4.76. The van der Waals surface area contributed by atoms with Gasteiger partial charge in [0.1, 0.15) is 5.82 Å². The van der Waals surface area contributed by atoms with Gasteiger partial charge in [-0.2, -0.15) is 4.37 Å². The number of carbonyl (C=O) groups is 1. The first-order valence-corrected chi connectivity index (χ1v) is 4.60. The zero-order chi connectivity index (χ0) is 9.68. The molecule has 0 unspecified atom stereocenters. The van der Waals surface area contributed by atoms with Gasteiger partial charge in [0.15, 0.2) is 0 Å². The molecule has 1 heterocycles.